The van der Waals surface area contributed by atoms with Crippen molar-refractivity contribution in [1.29, 1.82) is 0 Å². The SMILES string of the molecule is O=C(NC1CC1)c1ccc(/C=C/C(=O)N(CCc2ccccc2)Cc2ccccc2)cc1. The molecule has 4 rings (SSSR count). The highest BCUT2D eigenvalue weighted by molar-refractivity contribution is 5.95. The summed E-state index contributed by atoms with van der Waals surface area (Å²) in [5.74, 6) is -0.0607. The summed E-state index contributed by atoms with van der Waals surface area (Å²) < 4.78 is 0. The minimum Gasteiger partial charge on any atom is -0.349 e. The Bertz CT molecular complexity index is 1060. The van der Waals surface area contributed by atoms with E-state index in [0.717, 1.165) is 30.4 Å². The van der Waals surface area contributed by atoms with E-state index in [2.05, 4.69) is 17.4 Å². The van der Waals surface area contributed by atoms with Crippen molar-refractivity contribution in [1.82, 2.24) is 10.2 Å². The molecule has 0 spiro atoms. The molecular weight excluding hydrogens is 396 g/mol. The van der Waals surface area contributed by atoms with Crippen LogP contribution in [-0.4, -0.2) is 29.3 Å². The van der Waals surface area contributed by atoms with Gasteiger partial charge in [0.05, 0.1) is 0 Å². The fourth-order valence-electron chi connectivity index (χ4n) is 3.49. The molecular formula is C28H28N2O2. The van der Waals surface area contributed by atoms with Crippen LogP contribution in [0.2, 0.25) is 0 Å². The smallest absolute Gasteiger partial charge is 0.251 e. The summed E-state index contributed by atoms with van der Waals surface area (Å²) in [4.78, 5) is 27.0. The van der Waals surface area contributed by atoms with Crippen LogP contribution in [0, 0.1) is 0 Å². The lowest BCUT2D eigenvalue weighted by Crippen LogP contribution is -2.31. The number of amides is 2. The van der Waals surface area contributed by atoms with Crippen LogP contribution in [0.3, 0.4) is 0 Å². The number of carbonyl (C=O) groups excluding carboxylic acids is 2. The summed E-state index contributed by atoms with van der Waals surface area (Å²) in [6, 6.07) is 27.9. The third-order valence-electron chi connectivity index (χ3n) is 5.54. The van der Waals surface area contributed by atoms with Crippen LogP contribution in [-0.2, 0) is 17.8 Å². The summed E-state index contributed by atoms with van der Waals surface area (Å²) in [5.41, 5.74) is 3.86. The van der Waals surface area contributed by atoms with Gasteiger partial charge in [-0.15, -0.1) is 0 Å². The summed E-state index contributed by atoms with van der Waals surface area (Å²) >= 11 is 0. The van der Waals surface area contributed by atoms with Gasteiger partial charge >= 0.3 is 0 Å². The fourth-order valence-corrected chi connectivity index (χ4v) is 3.49. The van der Waals surface area contributed by atoms with Crippen LogP contribution in [0.1, 0.15) is 39.9 Å². The molecule has 0 heterocycles. The van der Waals surface area contributed by atoms with Gasteiger partial charge in [-0.1, -0.05) is 72.8 Å². The molecule has 1 aliphatic carbocycles. The molecule has 1 N–H and O–H groups in total. The molecule has 4 nitrogen and oxygen atoms in total. The molecule has 4 heteroatoms. The van der Waals surface area contributed by atoms with Gasteiger partial charge in [-0.2, -0.15) is 0 Å². The second kappa shape index (κ2) is 10.6. The maximum Gasteiger partial charge on any atom is 0.251 e. The number of benzene rings is 3. The van der Waals surface area contributed by atoms with Crippen molar-refractivity contribution >= 4 is 17.9 Å². The molecule has 2 amide bonds. The maximum atomic E-state index is 13.0. The van der Waals surface area contributed by atoms with Crippen molar-refractivity contribution in [2.75, 3.05) is 6.54 Å². The van der Waals surface area contributed by atoms with Crippen molar-refractivity contribution in [3.63, 3.8) is 0 Å². The van der Waals surface area contributed by atoms with Crippen LogP contribution >= 0.6 is 0 Å². The van der Waals surface area contributed by atoms with E-state index in [1.54, 1.807) is 18.2 Å². The Morgan fingerprint density at radius 3 is 2.09 bits per heavy atom. The van der Waals surface area contributed by atoms with Gasteiger partial charge in [-0.05, 0) is 54.2 Å². The molecule has 0 bridgehead atoms. The quantitative estimate of drug-likeness (QED) is 0.499. The topological polar surface area (TPSA) is 49.4 Å². The number of nitrogens with zero attached hydrogens (tertiary/aromatic N) is 1. The molecule has 3 aromatic carbocycles. The van der Waals surface area contributed by atoms with Crippen LogP contribution in [0.5, 0.6) is 0 Å². The highest BCUT2D eigenvalue weighted by Gasteiger charge is 2.23. The zero-order valence-electron chi connectivity index (χ0n) is 18.1. The van der Waals surface area contributed by atoms with E-state index < -0.39 is 0 Å². The molecule has 162 valence electrons. The lowest BCUT2D eigenvalue weighted by molar-refractivity contribution is -0.126. The van der Waals surface area contributed by atoms with E-state index in [-0.39, 0.29) is 11.8 Å². The minimum atomic E-state index is -0.0333. The summed E-state index contributed by atoms with van der Waals surface area (Å²) in [7, 11) is 0. The average Bonchev–Trinajstić information content (AvgIpc) is 3.66. The largest absolute Gasteiger partial charge is 0.349 e. The van der Waals surface area contributed by atoms with Gasteiger partial charge in [0.15, 0.2) is 0 Å². The van der Waals surface area contributed by atoms with Gasteiger partial charge in [0.2, 0.25) is 5.91 Å². The predicted molar refractivity (Wildman–Crippen MR) is 128 cm³/mol. The summed E-state index contributed by atoms with van der Waals surface area (Å²) in [6.07, 6.45) is 6.37. The Hall–Kier alpha value is -3.66. The van der Waals surface area contributed by atoms with Crippen molar-refractivity contribution in [3.8, 4) is 0 Å². The first kappa shape index (κ1) is 21.6. The van der Waals surface area contributed by atoms with E-state index in [9.17, 15) is 9.59 Å². The van der Waals surface area contributed by atoms with Crippen molar-refractivity contribution in [2.45, 2.75) is 31.8 Å². The minimum absolute atomic E-state index is 0.0275. The lowest BCUT2D eigenvalue weighted by Gasteiger charge is -2.21. The fraction of sp³-hybridized carbons (Fsp3) is 0.214. The average molecular weight is 425 g/mol. The predicted octanol–water partition coefficient (Wildman–Crippen LogP) is 4.86. The van der Waals surface area contributed by atoms with Crippen molar-refractivity contribution in [2.24, 2.45) is 0 Å². The molecule has 0 unspecified atom stereocenters. The van der Waals surface area contributed by atoms with Gasteiger partial charge in [0.1, 0.15) is 0 Å². The molecule has 3 aromatic rings. The Balaban J connectivity index is 1.40. The molecule has 0 saturated heterocycles. The molecule has 1 aliphatic rings. The molecule has 0 atom stereocenters. The maximum absolute atomic E-state index is 13.0. The van der Waals surface area contributed by atoms with Gasteiger partial charge in [-0.25, -0.2) is 0 Å². The van der Waals surface area contributed by atoms with E-state index in [1.165, 1.54) is 5.56 Å². The third kappa shape index (κ3) is 6.42. The Morgan fingerprint density at radius 2 is 1.47 bits per heavy atom. The van der Waals surface area contributed by atoms with E-state index in [4.69, 9.17) is 0 Å². The van der Waals surface area contributed by atoms with Crippen molar-refractivity contribution < 1.29 is 9.59 Å². The molecule has 0 aliphatic heterocycles. The van der Waals surface area contributed by atoms with Gasteiger partial charge < -0.3 is 10.2 Å². The van der Waals surface area contributed by atoms with Gasteiger partial charge in [0.25, 0.3) is 5.91 Å². The number of hydrogen-bond donors (Lipinski definition) is 1. The number of carbonyl (C=O) groups is 2. The molecule has 0 radical (unpaired) electrons. The van der Waals surface area contributed by atoms with Crippen LogP contribution in [0.15, 0.2) is 91.0 Å². The standard InChI is InChI=1S/C28H28N2O2/c31-27(18-13-23-11-14-25(15-12-23)28(32)29-26-16-17-26)30(21-24-9-5-2-6-10-24)20-19-22-7-3-1-4-8-22/h1-15,18,26H,16-17,19-21H2,(H,29,32)/b18-13+. The first-order valence-corrected chi connectivity index (χ1v) is 11.1. The third-order valence-corrected chi connectivity index (χ3v) is 5.54. The number of hydrogen-bond acceptors (Lipinski definition) is 2. The zero-order valence-corrected chi connectivity index (χ0v) is 18.1. The molecule has 0 aromatic heterocycles. The molecule has 1 saturated carbocycles. The highest BCUT2D eigenvalue weighted by atomic mass is 16.2. The van der Waals surface area contributed by atoms with Crippen LogP contribution in [0.4, 0.5) is 0 Å². The number of rotatable bonds is 9. The zero-order chi connectivity index (χ0) is 22.2. The van der Waals surface area contributed by atoms with Crippen LogP contribution < -0.4 is 5.32 Å². The molecule has 32 heavy (non-hydrogen) atoms. The van der Waals surface area contributed by atoms with E-state index in [1.807, 2.05) is 71.6 Å². The van der Waals surface area contributed by atoms with E-state index >= 15 is 0 Å². The van der Waals surface area contributed by atoms with Gasteiger partial charge in [-0.3, -0.25) is 9.59 Å². The van der Waals surface area contributed by atoms with Gasteiger partial charge in [0, 0.05) is 30.8 Å². The normalized spacial score (nSPS) is 13.1. The number of nitrogens with one attached hydrogen (secondary N) is 1. The van der Waals surface area contributed by atoms with Crippen molar-refractivity contribution in [3.05, 3.63) is 113 Å². The second-order valence-corrected chi connectivity index (χ2v) is 8.18. The molecule has 1 fully saturated rings. The van der Waals surface area contributed by atoms with Crippen LogP contribution in [0.25, 0.3) is 6.08 Å². The first-order chi connectivity index (χ1) is 15.7. The monoisotopic (exact) mass is 424 g/mol. The Labute approximate surface area is 189 Å². The first-order valence-electron chi connectivity index (χ1n) is 11.1. The summed E-state index contributed by atoms with van der Waals surface area (Å²) in [5, 5.41) is 2.99. The van der Waals surface area contributed by atoms with E-state index in [0.29, 0.717) is 24.7 Å². The lowest BCUT2D eigenvalue weighted by atomic mass is 10.1. The Kier molecular flexibility index (Phi) is 7.13. The highest BCUT2D eigenvalue weighted by Crippen LogP contribution is 2.19. The Morgan fingerprint density at radius 1 is 0.844 bits per heavy atom. The summed E-state index contributed by atoms with van der Waals surface area (Å²) in [6.45, 7) is 1.21. The second-order valence-electron chi connectivity index (χ2n) is 8.18.